The largest absolute Gasteiger partial charge is 0.481 e. The topological polar surface area (TPSA) is 29.5 Å². The molecule has 13 heavy (non-hydrogen) atoms. The van der Waals surface area contributed by atoms with Crippen molar-refractivity contribution in [3.05, 3.63) is 12.5 Å². The highest BCUT2D eigenvalue weighted by molar-refractivity contribution is 5.03. The van der Waals surface area contributed by atoms with Crippen LogP contribution in [0.15, 0.2) is 12.5 Å². The summed E-state index contributed by atoms with van der Waals surface area (Å²) in [5.41, 5.74) is -0.00769. The average Bonchev–Trinajstić information content (AvgIpc) is 2.86. The summed E-state index contributed by atoms with van der Waals surface area (Å²) in [7, 11) is 0. The van der Waals surface area contributed by atoms with Crippen LogP contribution in [0.3, 0.4) is 0 Å². The molecule has 0 heterocycles. The summed E-state index contributed by atoms with van der Waals surface area (Å²) in [4.78, 5) is 0. The van der Waals surface area contributed by atoms with Crippen molar-refractivity contribution in [2.24, 2.45) is 5.92 Å². The molecule has 2 aliphatic rings. The third-order valence-electron chi connectivity index (χ3n) is 3.41. The molecule has 0 unspecified atom stereocenters. The van der Waals surface area contributed by atoms with Crippen LogP contribution < -0.4 is 0 Å². The van der Waals surface area contributed by atoms with Gasteiger partial charge >= 0.3 is 0 Å². The second-order valence-electron chi connectivity index (χ2n) is 4.40. The first-order chi connectivity index (χ1) is 6.23. The van der Waals surface area contributed by atoms with Gasteiger partial charge in [-0.15, -0.1) is 0 Å². The summed E-state index contributed by atoms with van der Waals surface area (Å²) >= 11 is 0. The van der Waals surface area contributed by atoms with Gasteiger partial charge in [-0.2, -0.15) is 0 Å². The molecule has 74 valence electrons. The fraction of sp³-hybridized carbons (Fsp3) is 0.818. The summed E-state index contributed by atoms with van der Waals surface area (Å²) in [6, 6.07) is 0. The maximum atomic E-state index is 9.04. The zero-order chi connectivity index (χ0) is 9.31. The van der Waals surface area contributed by atoms with Crippen molar-refractivity contribution in [2.75, 3.05) is 0 Å². The van der Waals surface area contributed by atoms with E-state index < -0.39 is 0 Å². The van der Waals surface area contributed by atoms with E-state index in [0.717, 1.165) is 12.8 Å². The number of aliphatic hydroxyl groups is 1. The maximum absolute atomic E-state index is 9.04. The van der Waals surface area contributed by atoms with Gasteiger partial charge in [-0.25, -0.2) is 0 Å². The first kappa shape index (κ1) is 8.92. The molecular formula is C11H18O2. The number of hydrogen-bond acceptors (Lipinski definition) is 2. The van der Waals surface area contributed by atoms with Crippen molar-refractivity contribution in [3.8, 4) is 0 Å². The number of ether oxygens (including phenoxy) is 1. The van der Waals surface area contributed by atoms with E-state index in [2.05, 4.69) is 6.58 Å². The summed E-state index contributed by atoms with van der Waals surface area (Å²) in [6.07, 6.45) is 8.78. The Kier molecular flexibility index (Phi) is 2.22. The molecule has 0 atom stereocenters. The Bertz CT molecular complexity index is 200. The molecule has 2 nitrogen and oxygen atoms in total. The highest BCUT2D eigenvalue weighted by Crippen LogP contribution is 2.51. The summed E-state index contributed by atoms with van der Waals surface area (Å²) in [5, 5.41) is 9.04. The molecule has 1 N–H and O–H groups in total. The first-order valence-corrected chi connectivity index (χ1v) is 5.30. The van der Waals surface area contributed by atoms with E-state index in [-0.39, 0.29) is 11.5 Å². The maximum Gasteiger partial charge on any atom is 0.269 e. The minimum absolute atomic E-state index is 0.00769. The highest BCUT2D eigenvalue weighted by Gasteiger charge is 2.52. The van der Waals surface area contributed by atoms with Crippen molar-refractivity contribution in [1.29, 1.82) is 0 Å². The van der Waals surface area contributed by atoms with Gasteiger partial charge in [-0.1, -0.05) is 19.3 Å². The molecule has 0 saturated heterocycles. The van der Waals surface area contributed by atoms with Crippen molar-refractivity contribution in [1.82, 2.24) is 0 Å². The lowest BCUT2D eigenvalue weighted by molar-refractivity contribution is -0.0284. The van der Waals surface area contributed by atoms with Gasteiger partial charge in [0.2, 0.25) is 0 Å². The van der Waals surface area contributed by atoms with Crippen molar-refractivity contribution in [3.63, 3.8) is 0 Å². The van der Waals surface area contributed by atoms with Gasteiger partial charge in [0.25, 0.3) is 5.95 Å². The molecular weight excluding hydrogens is 164 g/mol. The van der Waals surface area contributed by atoms with Crippen LogP contribution >= 0.6 is 0 Å². The van der Waals surface area contributed by atoms with E-state index in [1.807, 2.05) is 0 Å². The van der Waals surface area contributed by atoms with Gasteiger partial charge in [-0.3, -0.25) is 0 Å². The molecule has 2 saturated carbocycles. The quantitative estimate of drug-likeness (QED) is 0.679. The summed E-state index contributed by atoms with van der Waals surface area (Å²) in [6.45, 7) is 3.41. The number of rotatable bonds is 3. The van der Waals surface area contributed by atoms with E-state index in [9.17, 15) is 0 Å². The van der Waals surface area contributed by atoms with Gasteiger partial charge in [-0.05, 0) is 38.2 Å². The fourth-order valence-electron chi connectivity index (χ4n) is 2.58. The zero-order valence-electron chi connectivity index (χ0n) is 8.09. The molecule has 0 radical (unpaired) electrons. The predicted molar refractivity (Wildman–Crippen MR) is 51.4 cm³/mol. The molecule has 0 spiro atoms. The van der Waals surface area contributed by atoms with Crippen LogP contribution in [0.1, 0.15) is 44.9 Å². The average molecular weight is 182 g/mol. The molecule has 2 fully saturated rings. The van der Waals surface area contributed by atoms with E-state index in [0.29, 0.717) is 5.92 Å². The lowest BCUT2D eigenvalue weighted by Crippen LogP contribution is -2.27. The Balaban J connectivity index is 1.93. The second kappa shape index (κ2) is 3.24. The number of aliphatic hydroxyl groups excluding tert-OH is 1. The van der Waals surface area contributed by atoms with Gasteiger partial charge in [0, 0.05) is 0 Å². The SMILES string of the molecule is C=C(O)OC1(C2CCCCC2)CC1. The smallest absolute Gasteiger partial charge is 0.269 e. The van der Waals surface area contributed by atoms with E-state index in [1.165, 1.54) is 32.1 Å². The summed E-state index contributed by atoms with van der Waals surface area (Å²) in [5.74, 6) is 0.577. The Morgan fingerprint density at radius 2 is 1.85 bits per heavy atom. The monoisotopic (exact) mass is 182 g/mol. The van der Waals surface area contributed by atoms with Crippen LogP contribution in [0, 0.1) is 5.92 Å². The van der Waals surface area contributed by atoms with Gasteiger partial charge in [0.05, 0.1) is 0 Å². The molecule has 0 aliphatic heterocycles. The third kappa shape index (κ3) is 1.82. The van der Waals surface area contributed by atoms with Crippen LogP contribution in [0.25, 0.3) is 0 Å². The van der Waals surface area contributed by atoms with Crippen molar-refractivity contribution in [2.45, 2.75) is 50.5 Å². The standard InChI is InChI=1S/C11H18O2/c1-9(12)13-11(7-8-11)10-5-3-2-4-6-10/h10,12H,1-8H2. The predicted octanol–water partition coefficient (Wildman–Crippen LogP) is 3.15. The molecule has 2 rings (SSSR count). The molecule has 0 bridgehead atoms. The van der Waals surface area contributed by atoms with Gasteiger partial charge in [0.1, 0.15) is 5.60 Å². The Labute approximate surface area is 79.6 Å². The van der Waals surface area contributed by atoms with Crippen LogP contribution in [0.5, 0.6) is 0 Å². The lowest BCUT2D eigenvalue weighted by atomic mass is 9.84. The Morgan fingerprint density at radius 1 is 1.23 bits per heavy atom. The van der Waals surface area contributed by atoms with Gasteiger partial charge < -0.3 is 9.84 Å². The normalized spacial score (nSPS) is 26.8. The molecule has 0 amide bonds. The van der Waals surface area contributed by atoms with Crippen molar-refractivity contribution < 1.29 is 9.84 Å². The first-order valence-electron chi connectivity index (χ1n) is 5.30. The second-order valence-corrected chi connectivity index (χ2v) is 4.40. The van der Waals surface area contributed by atoms with E-state index in [1.54, 1.807) is 0 Å². The Hall–Kier alpha value is -0.660. The van der Waals surface area contributed by atoms with Crippen LogP contribution in [0.2, 0.25) is 0 Å². The minimum atomic E-state index is -0.0944. The highest BCUT2D eigenvalue weighted by atomic mass is 16.6. The van der Waals surface area contributed by atoms with Crippen LogP contribution in [-0.4, -0.2) is 10.7 Å². The molecule has 0 aromatic rings. The summed E-state index contributed by atoms with van der Waals surface area (Å²) < 4.78 is 5.45. The molecule has 0 aromatic carbocycles. The zero-order valence-corrected chi connectivity index (χ0v) is 8.09. The third-order valence-corrected chi connectivity index (χ3v) is 3.41. The molecule has 2 heteroatoms. The number of hydrogen-bond donors (Lipinski definition) is 1. The molecule has 2 aliphatic carbocycles. The van der Waals surface area contributed by atoms with E-state index >= 15 is 0 Å². The Morgan fingerprint density at radius 3 is 2.31 bits per heavy atom. The lowest BCUT2D eigenvalue weighted by Gasteiger charge is -2.30. The van der Waals surface area contributed by atoms with Crippen LogP contribution in [-0.2, 0) is 4.74 Å². The van der Waals surface area contributed by atoms with E-state index in [4.69, 9.17) is 9.84 Å². The van der Waals surface area contributed by atoms with Crippen molar-refractivity contribution >= 4 is 0 Å². The van der Waals surface area contributed by atoms with Crippen LogP contribution in [0.4, 0.5) is 0 Å². The molecule has 0 aromatic heterocycles. The minimum Gasteiger partial charge on any atom is -0.481 e. The van der Waals surface area contributed by atoms with Gasteiger partial charge in [0.15, 0.2) is 0 Å². The fourth-order valence-corrected chi connectivity index (χ4v) is 2.58.